The number of methoxy groups -OCH3 is 2. The molecule has 266 valence electrons. The molecule has 0 aliphatic heterocycles. The van der Waals surface area contributed by atoms with Crippen LogP contribution in [0, 0.1) is 10.1 Å². The first-order chi connectivity index (χ1) is 25.3. The van der Waals surface area contributed by atoms with Crippen LogP contribution >= 0.6 is 0 Å². The zero-order valence-corrected chi connectivity index (χ0v) is 29.5. The number of nitro benzene ring substituents is 1. The average Bonchev–Trinajstić information content (AvgIpc) is 3.17. The Morgan fingerprint density at radius 2 is 1.10 bits per heavy atom. The first-order valence-electron chi connectivity index (χ1n) is 16.6. The Kier molecular flexibility index (Phi) is 12.6. The highest BCUT2D eigenvalue weighted by atomic mass is 16.6. The molecule has 12 heteroatoms. The third-order valence-electron chi connectivity index (χ3n) is 7.88. The molecule has 4 aromatic carbocycles. The quantitative estimate of drug-likeness (QED) is 0.0713. The molecule has 12 nitrogen and oxygen atoms in total. The summed E-state index contributed by atoms with van der Waals surface area (Å²) in [6.45, 7) is 4.69. The average molecular weight is 701 g/mol. The number of nitrogen functional groups attached to an aromatic ring is 1. The van der Waals surface area contributed by atoms with Crippen LogP contribution in [0.3, 0.4) is 0 Å². The third-order valence-corrected chi connectivity index (χ3v) is 7.88. The molecule has 0 unspecified atom stereocenters. The number of nitro groups is 1. The van der Waals surface area contributed by atoms with Crippen molar-refractivity contribution in [1.29, 1.82) is 0 Å². The summed E-state index contributed by atoms with van der Waals surface area (Å²) >= 11 is 0. The maximum absolute atomic E-state index is 11.3. The fraction of sp³-hybridized carbons (Fsp3) is 0.200. The van der Waals surface area contributed by atoms with Gasteiger partial charge in [0, 0.05) is 41.4 Å². The number of ether oxygens (including phenoxy) is 4. The zero-order valence-electron chi connectivity index (χ0n) is 29.5. The Balaban J connectivity index is 0.000000202. The molecule has 0 spiro atoms. The van der Waals surface area contributed by atoms with Gasteiger partial charge in [-0.3, -0.25) is 10.1 Å². The molecule has 2 heterocycles. The standard InChI is InChI=1S/C20H19N3O4.C20H21N3O2/c1-3-27-20-9-8-14(11-18(20)23(24)25)10-15-12-17(22-13-21-15)16-6-4-5-7-19(16)26-2;1-3-25-20-9-8-14(11-17(20)21)10-15-12-18(23-13-22-15)16-6-4-5-7-19(16)24-2/h4-9,11-13H,3,10H2,1-2H3;4-9,11-13H,3,10,21H2,1-2H3. The fourth-order valence-electron chi connectivity index (χ4n) is 5.50. The lowest BCUT2D eigenvalue weighted by Gasteiger charge is -2.10. The van der Waals surface area contributed by atoms with Crippen LogP contribution < -0.4 is 24.7 Å². The molecular weight excluding hydrogens is 660 g/mol. The van der Waals surface area contributed by atoms with Crippen molar-refractivity contribution in [3.05, 3.63) is 142 Å². The number of anilines is 1. The van der Waals surface area contributed by atoms with Crippen LogP contribution in [0.2, 0.25) is 0 Å². The van der Waals surface area contributed by atoms with E-state index in [9.17, 15) is 10.1 Å². The van der Waals surface area contributed by atoms with E-state index in [-0.39, 0.29) is 11.4 Å². The number of para-hydroxylation sites is 2. The Bertz CT molecular complexity index is 2130. The lowest BCUT2D eigenvalue weighted by molar-refractivity contribution is -0.385. The van der Waals surface area contributed by atoms with Crippen molar-refractivity contribution < 1.29 is 23.9 Å². The first kappa shape index (κ1) is 36.7. The normalized spacial score (nSPS) is 10.5. The summed E-state index contributed by atoms with van der Waals surface area (Å²) in [4.78, 5) is 28.2. The summed E-state index contributed by atoms with van der Waals surface area (Å²) in [6, 6.07) is 30.0. The second-order valence-electron chi connectivity index (χ2n) is 11.3. The van der Waals surface area contributed by atoms with E-state index in [2.05, 4.69) is 19.9 Å². The van der Waals surface area contributed by atoms with E-state index in [1.807, 2.05) is 91.9 Å². The lowest BCUT2D eigenvalue weighted by atomic mass is 10.1. The summed E-state index contributed by atoms with van der Waals surface area (Å²) in [5.74, 6) is 2.49. The van der Waals surface area contributed by atoms with E-state index in [1.165, 1.54) is 12.4 Å². The minimum Gasteiger partial charge on any atom is -0.496 e. The van der Waals surface area contributed by atoms with Crippen molar-refractivity contribution in [2.45, 2.75) is 26.7 Å². The highest BCUT2D eigenvalue weighted by Crippen LogP contribution is 2.32. The van der Waals surface area contributed by atoms with Gasteiger partial charge in [0.1, 0.15) is 29.9 Å². The van der Waals surface area contributed by atoms with Gasteiger partial charge in [0.25, 0.3) is 0 Å². The van der Waals surface area contributed by atoms with Gasteiger partial charge in [-0.25, -0.2) is 19.9 Å². The Morgan fingerprint density at radius 3 is 1.58 bits per heavy atom. The van der Waals surface area contributed by atoms with Gasteiger partial charge in [0.15, 0.2) is 5.75 Å². The molecule has 0 aliphatic carbocycles. The summed E-state index contributed by atoms with van der Waals surface area (Å²) in [5, 5.41) is 11.3. The number of hydrogen-bond acceptors (Lipinski definition) is 11. The predicted octanol–water partition coefficient (Wildman–Crippen LogP) is 7.77. The van der Waals surface area contributed by atoms with Gasteiger partial charge in [0.05, 0.1) is 49.4 Å². The molecule has 6 rings (SSSR count). The monoisotopic (exact) mass is 700 g/mol. The van der Waals surface area contributed by atoms with E-state index in [1.54, 1.807) is 33.5 Å². The van der Waals surface area contributed by atoms with Crippen LogP contribution in [-0.2, 0) is 12.8 Å². The Morgan fingerprint density at radius 1 is 0.615 bits per heavy atom. The van der Waals surface area contributed by atoms with E-state index >= 15 is 0 Å². The number of aromatic nitrogens is 4. The smallest absolute Gasteiger partial charge is 0.311 e. The highest BCUT2D eigenvalue weighted by molar-refractivity contribution is 5.68. The van der Waals surface area contributed by atoms with Gasteiger partial charge in [-0.1, -0.05) is 36.4 Å². The summed E-state index contributed by atoms with van der Waals surface area (Å²) in [7, 11) is 3.27. The molecule has 2 N–H and O–H groups in total. The Hall–Kier alpha value is -6.56. The van der Waals surface area contributed by atoms with Crippen molar-refractivity contribution in [1.82, 2.24) is 19.9 Å². The van der Waals surface area contributed by atoms with E-state index in [4.69, 9.17) is 24.7 Å². The maximum atomic E-state index is 11.3. The van der Waals surface area contributed by atoms with Crippen molar-refractivity contribution in [2.75, 3.05) is 33.2 Å². The van der Waals surface area contributed by atoms with Crippen molar-refractivity contribution in [3.8, 4) is 45.5 Å². The molecule has 0 saturated carbocycles. The molecule has 52 heavy (non-hydrogen) atoms. The number of nitrogens with zero attached hydrogens (tertiary/aromatic N) is 5. The SMILES string of the molecule is CCOc1ccc(Cc2cc(-c3ccccc3OC)ncn2)cc1N.CCOc1ccc(Cc2cc(-c3ccccc3OC)ncn2)cc1[N+](=O)[O-]. The van der Waals surface area contributed by atoms with Gasteiger partial charge in [0.2, 0.25) is 0 Å². The van der Waals surface area contributed by atoms with Crippen LogP contribution in [-0.4, -0.2) is 52.3 Å². The van der Waals surface area contributed by atoms with Crippen LogP contribution in [0.4, 0.5) is 11.4 Å². The van der Waals surface area contributed by atoms with Crippen molar-refractivity contribution in [2.24, 2.45) is 0 Å². The number of hydrogen-bond donors (Lipinski definition) is 1. The zero-order chi connectivity index (χ0) is 36.9. The minimum absolute atomic E-state index is 0.0478. The van der Waals surface area contributed by atoms with Crippen molar-refractivity contribution >= 4 is 11.4 Å². The maximum Gasteiger partial charge on any atom is 0.311 e. The molecule has 0 radical (unpaired) electrons. The molecule has 0 atom stereocenters. The van der Waals surface area contributed by atoms with Gasteiger partial charge in [-0.2, -0.15) is 0 Å². The molecule has 0 fully saturated rings. The molecule has 2 aromatic heterocycles. The van der Waals surface area contributed by atoms with Crippen LogP contribution in [0.1, 0.15) is 36.4 Å². The molecular formula is C40H40N6O6. The van der Waals surface area contributed by atoms with Gasteiger partial charge < -0.3 is 24.7 Å². The number of benzene rings is 4. The van der Waals surface area contributed by atoms with Crippen molar-refractivity contribution in [3.63, 3.8) is 0 Å². The fourth-order valence-corrected chi connectivity index (χ4v) is 5.50. The summed E-state index contributed by atoms with van der Waals surface area (Å²) in [6.07, 6.45) is 4.17. The molecule has 0 bridgehead atoms. The topological polar surface area (TPSA) is 158 Å². The highest BCUT2D eigenvalue weighted by Gasteiger charge is 2.17. The first-order valence-corrected chi connectivity index (χ1v) is 16.6. The van der Waals surface area contributed by atoms with Gasteiger partial charge in [-0.05, 0) is 79.6 Å². The molecule has 0 amide bonds. The number of nitrogens with two attached hydrogens (primary N) is 1. The second-order valence-corrected chi connectivity index (χ2v) is 11.3. The Labute approximate surface area is 302 Å². The molecule has 6 aromatic rings. The largest absolute Gasteiger partial charge is 0.496 e. The predicted molar refractivity (Wildman–Crippen MR) is 200 cm³/mol. The van der Waals surface area contributed by atoms with Crippen LogP contribution in [0.5, 0.6) is 23.0 Å². The minimum atomic E-state index is -0.436. The molecule has 0 saturated heterocycles. The lowest BCUT2D eigenvalue weighted by Crippen LogP contribution is -2.00. The van der Waals surface area contributed by atoms with Gasteiger partial charge in [-0.15, -0.1) is 0 Å². The van der Waals surface area contributed by atoms with E-state index in [0.717, 1.165) is 56.5 Å². The summed E-state index contributed by atoms with van der Waals surface area (Å²) < 4.78 is 21.6. The number of rotatable bonds is 13. The third kappa shape index (κ3) is 9.36. The molecule has 0 aliphatic rings. The van der Waals surface area contributed by atoms with E-state index < -0.39 is 4.92 Å². The van der Waals surface area contributed by atoms with E-state index in [0.29, 0.717) is 37.5 Å². The van der Waals surface area contributed by atoms with Crippen LogP contribution in [0.25, 0.3) is 22.5 Å². The van der Waals surface area contributed by atoms with Crippen LogP contribution in [0.15, 0.2) is 110 Å². The summed E-state index contributed by atoms with van der Waals surface area (Å²) in [5.41, 5.74) is 13.5. The second kappa shape index (κ2) is 17.9. The van der Waals surface area contributed by atoms with Gasteiger partial charge >= 0.3 is 5.69 Å².